The average Bonchev–Trinajstić information content (AvgIpc) is 3.57. The van der Waals surface area contributed by atoms with Crippen molar-refractivity contribution in [2.75, 3.05) is 0 Å². The molecule has 0 amide bonds. The van der Waals surface area contributed by atoms with Gasteiger partial charge in [-0.15, -0.1) is 0 Å². The number of benzene rings is 3. The maximum Gasteiger partial charge on any atom is 0.336 e. The van der Waals surface area contributed by atoms with Gasteiger partial charge in [0.05, 0.1) is 34.2 Å². The molecule has 0 fully saturated rings. The number of aromatic carboxylic acids is 4. The monoisotopic (exact) mass is 1190 g/mol. The SMILES string of the molecule is C/C(=C\C(=O)O)C(=O)O.CC(=O)/C=C(/C)C(=O)O.CC(=O)/C=C(/CC(=O)O)C(=O)O.CC(=O)/C=C/C=C/C(=O)O.CC(=O)C/C=C/C(=O)O.CC(=O)c1ccc(C(=O)O)cc1.CC(=O)c1ccccc1C(=O)O.O=C(O)c1cccc(C(=O)O)c1. The fourth-order valence-electron chi connectivity index (χ4n) is 4.47. The Kier molecular flexibility index (Phi) is 44.5. The van der Waals surface area contributed by atoms with Gasteiger partial charge in [-0.2, -0.15) is 0 Å². The van der Waals surface area contributed by atoms with Gasteiger partial charge >= 0.3 is 65.7 Å². The van der Waals surface area contributed by atoms with Crippen molar-refractivity contribution < 1.29 is 138 Å². The van der Waals surface area contributed by atoms with Crippen LogP contribution in [0.15, 0.2) is 144 Å². The molecule has 28 nitrogen and oxygen atoms in total. The van der Waals surface area contributed by atoms with Gasteiger partial charge in [0.2, 0.25) is 0 Å². The van der Waals surface area contributed by atoms with Gasteiger partial charge in [0.1, 0.15) is 5.78 Å². The number of carboxylic acids is 11. The minimum absolute atomic E-state index is 0.0186. The summed E-state index contributed by atoms with van der Waals surface area (Å²) in [4.78, 5) is 174. The van der Waals surface area contributed by atoms with Crippen molar-refractivity contribution in [3.8, 4) is 0 Å². The van der Waals surface area contributed by atoms with Crippen molar-refractivity contribution in [1.29, 1.82) is 0 Å². The van der Waals surface area contributed by atoms with Crippen molar-refractivity contribution in [2.24, 2.45) is 0 Å². The molecule has 85 heavy (non-hydrogen) atoms. The first-order chi connectivity index (χ1) is 39.1. The predicted molar refractivity (Wildman–Crippen MR) is 296 cm³/mol. The zero-order valence-electron chi connectivity index (χ0n) is 46.4. The molecule has 456 valence electrons. The van der Waals surface area contributed by atoms with Crippen LogP contribution in [0.25, 0.3) is 0 Å². The first-order valence-corrected chi connectivity index (χ1v) is 23.1. The number of Topliss-reactive ketones (excluding diaryl/α,β-unsaturated/α-hetero) is 3. The van der Waals surface area contributed by atoms with Crippen LogP contribution in [0.4, 0.5) is 0 Å². The molecule has 28 heteroatoms. The number of carbonyl (C=O) groups excluding carboxylic acids is 6. The molecule has 0 heterocycles. The zero-order chi connectivity index (χ0) is 67.3. The summed E-state index contributed by atoms with van der Waals surface area (Å²) in [5.74, 6) is -13.6. The lowest BCUT2D eigenvalue weighted by Crippen LogP contribution is -2.08. The van der Waals surface area contributed by atoms with Gasteiger partial charge in [0, 0.05) is 46.9 Å². The van der Waals surface area contributed by atoms with Crippen LogP contribution in [0.3, 0.4) is 0 Å². The molecule has 3 aromatic carbocycles. The van der Waals surface area contributed by atoms with Gasteiger partial charge in [0.15, 0.2) is 28.9 Å². The maximum absolute atomic E-state index is 10.9. The fraction of sp³-hybridized carbons (Fsp3) is 0.175. The van der Waals surface area contributed by atoms with Gasteiger partial charge in [-0.1, -0.05) is 54.6 Å². The van der Waals surface area contributed by atoms with Gasteiger partial charge in [-0.3, -0.25) is 33.6 Å². The molecule has 0 atom stereocenters. The highest BCUT2D eigenvalue weighted by Gasteiger charge is 2.13. The summed E-state index contributed by atoms with van der Waals surface area (Å²) in [5, 5.41) is 91.2. The molecule has 0 saturated heterocycles. The topological polar surface area (TPSA) is 513 Å². The van der Waals surface area contributed by atoms with Crippen LogP contribution in [0.5, 0.6) is 0 Å². The van der Waals surface area contributed by atoms with E-state index in [-0.39, 0.29) is 74.3 Å². The first kappa shape index (κ1) is 82.1. The first-order valence-electron chi connectivity index (χ1n) is 23.1. The molecule has 0 aliphatic carbocycles. The third-order valence-electron chi connectivity index (χ3n) is 8.21. The van der Waals surface area contributed by atoms with E-state index in [2.05, 4.69) is 0 Å². The average molecular weight is 1190 g/mol. The highest BCUT2D eigenvalue weighted by Crippen LogP contribution is 2.09. The second-order valence-corrected chi connectivity index (χ2v) is 15.7. The highest BCUT2D eigenvalue weighted by molar-refractivity contribution is 6.05. The summed E-state index contributed by atoms with van der Waals surface area (Å²) in [6.07, 6.45) is 9.30. The van der Waals surface area contributed by atoms with Crippen molar-refractivity contribution >= 4 is 100 Å². The van der Waals surface area contributed by atoms with Gasteiger partial charge < -0.3 is 56.2 Å². The minimum Gasteiger partial charge on any atom is -0.481 e. The summed E-state index contributed by atoms with van der Waals surface area (Å²) in [5.41, 5.74) is 0.486. The summed E-state index contributed by atoms with van der Waals surface area (Å²) < 4.78 is 0. The van der Waals surface area contributed by atoms with Crippen molar-refractivity contribution in [2.45, 2.75) is 68.2 Å². The van der Waals surface area contributed by atoms with Crippen molar-refractivity contribution in [3.05, 3.63) is 178 Å². The minimum atomic E-state index is -1.38. The molecule has 0 spiro atoms. The van der Waals surface area contributed by atoms with E-state index in [4.69, 9.17) is 56.2 Å². The zero-order valence-corrected chi connectivity index (χ0v) is 46.4. The molecule has 0 bridgehead atoms. The number of rotatable bonds is 20. The number of carboxylic acid groups (broad SMARTS) is 11. The van der Waals surface area contributed by atoms with Crippen molar-refractivity contribution in [1.82, 2.24) is 0 Å². The van der Waals surface area contributed by atoms with Crippen LogP contribution in [0.2, 0.25) is 0 Å². The number of carbonyl (C=O) groups is 17. The van der Waals surface area contributed by atoms with E-state index in [1.807, 2.05) is 0 Å². The molecule has 0 aliphatic rings. The highest BCUT2D eigenvalue weighted by atomic mass is 16.4. The molecular weight excluding hydrogens is 1130 g/mol. The summed E-state index contributed by atoms with van der Waals surface area (Å²) >= 11 is 0. The Bertz CT molecular complexity index is 2960. The van der Waals surface area contributed by atoms with E-state index in [0.717, 1.165) is 37.3 Å². The fourth-order valence-corrected chi connectivity index (χ4v) is 4.47. The Hall–Kier alpha value is -11.7. The van der Waals surface area contributed by atoms with Gasteiger partial charge in [0.25, 0.3) is 0 Å². The van der Waals surface area contributed by atoms with Crippen LogP contribution >= 0.6 is 0 Å². The van der Waals surface area contributed by atoms with Crippen LogP contribution < -0.4 is 0 Å². The van der Waals surface area contributed by atoms with Gasteiger partial charge in [-0.25, -0.2) is 47.9 Å². The molecule has 11 N–H and O–H groups in total. The lowest BCUT2D eigenvalue weighted by Gasteiger charge is -1.99. The van der Waals surface area contributed by atoms with Crippen LogP contribution in [-0.2, 0) is 52.7 Å². The Morgan fingerprint density at radius 2 is 0.776 bits per heavy atom. The lowest BCUT2D eigenvalue weighted by atomic mass is 10.1. The van der Waals surface area contributed by atoms with Crippen LogP contribution in [-0.4, -0.2) is 157 Å². The largest absolute Gasteiger partial charge is 0.481 e. The van der Waals surface area contributed by atoms with Crippen molar-refractivity contribution in [3.63, 3.8) is 0 Å². The Balaban J connectivity index is -0.000000288. The maximum atomic E-state index is 10.9. The molecule has 0 radical (unpaired) electrons. The second-order valence-electron chi connectivity index (χ2n) is 15.7. The molecule has 3 rings (SSSR count). The van der Waals surface area contributed by atoms with Crippen LogP contribution in [0.1, 0.15) is 130 Å². The Labute approximate surface area is 482 Å². The number of ketones is 6. The normalized spacial score (nSPS) is 10.2. The van der Waals surface area contributed by atoms with E-state index >= 15 is 0 Å². The molecule has 0 aliphatic heterocycles. The number of hydrogen-bond acceptors (Lipinski definition) is 17. The molecule has 3 aromatic rings. The Morgan fingerprint density at radius 1 is 0.365 bits per heavy atom. The quantitative estimate of drug-likeness (QED) is 0.0331. The van der Waals surface area contributed by atoms with E-state index < -0.39 is 83.4 Å². The predicted octanol–water partition coefficient (Wildman–Crippen LogP) is 6.41. The molecule has 0 unspecified atom stereocenters. The van der Waals surface area contributed by atoms with Gasteiger partial charge in [-0.05, 0) is 110 Å². The molecule has 0 saturated carbocycles. The standard InChI is InChI=1S/2C9H8O3.C8H6O4.C7H8O5.C7H8O3.2C6H8O3.C5H6O4/c1-6(10)7-2-4-8(5-3-7)9(11)12;1-6(10)7-4-2-3-5-8(7)9(11)12;9-7(10)5-2-1-3-6(4-5)8(11)12;1-4(8)2-5(7(11)12)3-6(9)10;1-6(8)4-2-3-5-7(9)10;1-4(6(8)9)3-5(2)7;1-5(7)3-2-4-6(8)9;1-3(5(8)9)2-4(6)7/h2*2-5H,1H3,(H,11,12);1-4H,(H,9,10)(H,11,12);2H,3H2,1H3,(H,9,10)(H,11,12);2-5H,1H3,(H,9,10);3H,1-2H3,(H,8,9);2,4H,3H2,1H3,(H,8,9);2H,1H3,(H,6,7)(H,8,9)/b;;;5-2-;4-2+,5-3+;4-3-;4-2+;3-2+. The van der Waals surface area contributed by atoms with E-state index in [1.54, 1.807) is 12.1 Å². The number of allylic oxidation sites excluding steroid dienone is 6. The summed E-state index contributed by atoms with van der Waals surface area (Å²) in [7, 11) is 0. The third kappa shape index (κ3) is 50.3. The lowest BCUT2D eigenvalue weighted by molar-refractivity contribution is -0.139. The molecule has 0 aromatic heterocycles. The smallest absolute Gasteiger partial charge is 0.336 e. The summed E-state index contributed by atoms with van der Waals surface area (Å²) in [6, 6.07) is 17.2. The summed E-state index contributed by atoms with van der Waals surface area (Å²) in [6.45, 7) is 10.7. The van der Waals surface area contributed by atoms with E-state index in [0.29, 0.717) is 11.6 Å². The number of hydrogen-bond donors (Lipinski definition) is 11. The van der Waals surface area contributed by atoms with E-state index in [9.17, 15) is 81.5 Å². The molecular formula is C57H60O28. The van der Waals surface area contributed by atoms with Crippen LogP contribution in [0, 0.1) is 0 Å². The Morgan fingerprint density at radius 3 is 1.06 bits per heavy atom. The third-order valence-corrected chi connectivity index (χ3v) is 8.21. The van der Waals surface area contributed by atoms with E-state index in [1.165, 1.54) is 127 Å². The number of aliphatic carboxylic acids is 7. The second kappa shape index (κ2) is 46.1.